The van der Waals surface area contributed by atoms with Gasteiger partial charge in [0.2, 0.25) is 0 Å². The van der Waals surface area contributed by atoms with Crippen molar-refractivity contribution in [1.82, 2.24) is 10.2 Å². The number of thiophene rings is 1. The molecule has 0 fully saturated rings. The Hall–Kier alpha value is -2.14. The van der Waals surface area contributed by atoms with E-state index in [2.05, 4.69) is 10.2 Å². The number of H-pyrrole nitrogens is 1. The number of hydrogen-bond acceptors (Lipinski definition) is 3. The van der Waals surface area contributed by atoms with Gasteiger partial charge in [0, 0.05) is 10.3 Å². The number of nitrogens with one attached hydrogen (secondary N) is 1. The Balaban J connectivity index is 2.24. The quantitative estimate of drug-likeness (QED) is 0.728. The molecule has 0 atom stereocenters. The van der Waals surface area contributed by atoms with Gasteiger partial charge in [-0.1, -0.05) is 12.1 Å². The van der Waals surface area contributed by atoms with Crippen molar-refractivity contribution in [2.45, 2.75) is 0 Å². The fourth-order valence-corrected chi connectivity index (χ4v) is 2.50. The lowest BCUT2D eigenvalue weighted by molar-refractivity contribution is 0.0692. The molecule has 0 aliphatic rings. The lowest BCUT2D eigenvalue weighted by atomic mass is 10.1. The molecular weight excluding hydrogens is 236 g/mol. The zero-order valence-electron chi connectivity index (χ0n) is 8.68. The van der Waals surface area contributed by atoms with Crippen LogP contribution in [0.5, 0.6) is 0 Å². The first-order valence-corrected chi connectivity index (χ1v) is 5.89. The van der Waals surface area contributed by atoms with Crippen LogP contribution in [0.2, 0.25) is 0 Å². The summed E-state index contributed by atoms with van der Waals surface area (Å²) >= 11 is 1.62. The monoisotopic (exact) mass is 244 g/mol. The highest BCUT2D eigenvalue weighted by Crippen LogP contribution is 2.28. The Morgan fingerprint density at radius 1 is 1.35 bits per heavy atom. The van der Waals surface area contributed by atoms with Gasteiger partial charge in [-0.3, -0.25) is 5.10 Å². The van der Waals surface area contributed by atoms with Crippen LogP contribution in [-0.2, 0) is 0 Å². The maximum atomic E-state index is 11.0. The molecule has 0 spiro atoms. The lowest BCUT2D eigenvalue weighted by Gasteiger charge is -1.97. The molecule has 2 aromatic heterocycles. The van der Waals surface area contributed by atoms with Crippen molar-refractivity contribution in [3.8, 4) is 10.4 Å². The van der Waals surface area contributed by atoms with E-state index in [0.717, 1.165) is 16.0 Å². The second kappa shape index (κ2) is 3.71. The fourth-order valence-electron chi connectivity index (χ4n) is 1.77. The zero-order chi connectivity index (χ0) is 11.8. The lowest BCUT2D eigenvalue weighted by Crippen LogP contribution is -1.96. The van der Waals surface area contributed by atoms with Gasteiger partial charge >= 0.3 is 5.97 Å². The zero-order valence-corrected chi connectivity index (χ0v) is 9.49. The maximum absolute atomic E-state index is 11.0. The molecule has 4 nitrogen and oxygen atoms in total. The molecule has 3 rings (SSSR count). The number of hydrogen-bond donors (Lipinski definition) is 2. The highest BCUT2D eigenvalue weighted by Gasteiger charge is 2.13. The van der Waals surface area contributed by atoms with Gasteiger partial charge in [0.1, 0.15) is 0 Å². The number of aromatic carboxylic acids is 1. The number of benzene rings is 1. The second-order valence-corrected chi connectivity index (χ2v) is 4.56. The molecule has 2 heterocycles. The van der Waals surface area contributed by atoms with Crippen LogP contribution in [0.15, 0.2) is 35.7 Å². The molecule has 0 radical (unpaired) electrons. The molecule has 84 valence electrons. The second-order valence-electron chi connectivity index (χ2n) is 3.62. The van der Waals surface area contributed by atoms with Gasteiger partial charge in [-0.25, -0.2) is 4.79 Å². The Labute approximate surface area is 101 Å². The van der Waals surface area contributed by atoms with Gasteiger partial charge in [-0.2, -0.15) is 5.10 Å². The number of rotatable bonds is 2. The molecule has 5 heteroatoms. The molecular formula is C12H8N2O2S. The molecule has 3 aromatic rings. The largest absolute Gasteiger partial charge is 0.476 e. The fraction of sp³-hybridized carbons (Fsp3) is 0. The van der Waals surface area contributed by atoms with Crippen molar-refractivity contribution >= 4 is 28.2 Å². The number of carboxylic acid groups (broad SMARTS) is 1. The van der Waals surface area contributed by atoms with Crippen molar-refractivity contribution in [3.05, 3.63) is 41.4 Å². The predicted molar refractivity (Wildman–Crippen MR) is 66.4 cm³/mol. The van der Waals surface area contributed by atoms with Crippen LogP contribution in [0.1, 0.15) is 10.5 Å². The molecule has 0 saturated carbocycles. The summed E-state index contributed by atoms with van der Waals surface area (Å²) in [5.74, 6) is -1.01. The minimum absolute atomic E-state index is 0.0680. The van der Waals surface area contributed by atoms with Gasteiger partial charge in [0.25, 0.3) is 0 Å². The summed E-state index contributed by atoms with van der Waals surface area (Å²) in [7, 11) is 0. The van der Waals surface area contributed by atoms with Crippen molar-refractivity contribution in [2.75, 3.05) is 0 Å². The van der Waals surface area contributed by atoms with E-state index in [-0.39, 0.29) is 5.69 Å². The summed E-state index contributed by atoms with van der Waals surface area (Å²) in [4.78, 5) is 12.1. The van der Waals surface area contributed by atoms with E-state index in [1.165, 1.54) is 0 Å². The molecule has 2 N–H and O–H groups in total. The molecule has 0 saturated heterocycles. The Morgan fingerprint density at radius 2 is 2.24 bits per heavy atom. The first-order valence-electron chi connectivity index (χ1n) is 5.01. The molecule has 17 heavy (non-hydrogen) atoms. The Morgan fingerprint density at radius 3 is 2.94 bits per heavy atom. The summed E-state index contributed by atoms with van der Waals surface area (Å²) in [6, 6.07) is 9.64. The van der Waals surface area contributed by atoms with Gasteiger partial charge < -0.3 is 5.11 Å². The Bertz CT molecular complexity index is 686. The molecule has 0 aliphatic carbocycles. The van der Waals surface area contributed by atoms with E-state index in [0.29, 0.717) is 5.39 Å². The third-order valence-corrected chi connectivity index (χ3v) is 3.49. The number of fused-ring (bicyclic) bond motifs is 1. The van der Waals surface area contributed by atoms with E-state index in [1.54, 1.807) is 11.3 Å². The number of aromatic amines is 1. The standard InChI is InChI=1S/C12H8N2O2S/c15-12(16)11-8-6-7(10-2-1-5-17-10)3-4-9(8)13-14-11/h1-6H,(H,13,14)(H,15,16). The van der Waals surface area contributed by atoms with Crippen molar-refractivity contribution < 1.29 is 9.90 Å². The highest BCUT2D eigenvalue weighted by molar-refractivity contribution is 7.13. The van der Waals surface area contributed by atoms with E-state index < -0.39 is 5.97 Å². The van der Waals surface area contributed by atoms with Crippen molar-refractivity contribution in [1.29, 1.82) is 0 Å². The number of carbonyl (C=O) groups is 1. The average molecular weight is 244 g/mol. The third kappa shape index (κ3) is 1.60. The van der Waals surface area contributed by atoms with Crippen LogP contribution < -0.4 is 0 Å². The van der Waals surface area contributed by atoms with Crippen molar-refractivity contribution in [2.24, 2.45) is 0 Å². The molecule has 0 amide bonds. The summed E-state index contributed by atoms with van der Waals surface area (Å²) in [5.41, 5.74) is 1.82. The first-order chi connectivity index (χ1) is 8.25. The molecule has 0 unspecified atom stereocenters. The normalized spacial score (nSPS) is 10.8. The van der Waals surface area contributed by atoms with E-state index in [9.17, 15) is 4.79 Å². The summed E-state index contributed by atoms with van der Waals surface area (Å²) in [5, 5.41) is 18.2. The van der Waals surface area contributed by atoms with E-state index in [4.69, 9.17) is 5.11 Å². The van der Waals surface area contributed by atoms with Crippen molar-refractivity contribution in [3.63, 3.8) is 0 Å². The SMILES string of the molecule is O=C(O)c1n[nH]c2ccc(-c3cccs3)cc12. The van der Waals surface area contributed by atoms with Crippen LogP contribution in [0.25, 0.3) is 21.3 Å². The highest BCUT2D eigenvalue weighted by atomic mass is 32.1. The first kappa shape index (κ1) is 10.0. The smallest absolute Gasteiger partial charge is 0.357 e. The van der Waals surface area contributed by atoms with Crippen LogP contribution >= 0.6 is 11.3 Å². The molecule has 0 bridgehead atoms. The number of nitrogens with zero attached hydrogens (tertiary/aromatic N) is 1. The minimum atomic E-state index is -1.01. The van der Waals surface area contributed by atoms with Crippen LogP contribution in [-0.4, -0.2) is 21.3 Å². The summed E-state index contributed by atoms with van der Waals surface area (Å²) < 4.78 is 0. The van der Waals surface area contributed by atoms with Gasteiger partial charge in [0.05, 0.1) is 5.52 Å². The van der Waals surface area contributed by atoms with E-state index in [1.807, 2.05) is 35.7 Å². The Kier molecular flexibility index (Phi) is 2.19. The molecule has 0 aliphatic heterocycles. The topological polar surface area (TPSA) is 66.0 Å². The number of aromatic nitrogens is 2. The average Bonchev–Trinajstić information content (AvgIpc) is 2.97. The van der Waals surface area contributed by atoms with Gasteiger partial charge in [0.15, 0.2) is 5.69 Å². The van der Waals surface area contributed by atoms with E-state index >= 15 is 0 Å². The summed E-state index contributed by atoms with van der Waals surface area (Å²) in [6.45, 7) is 0. The number of carboxylic acids is 1. The molecule has 1 aromatic carbocycles. The minimum Gasteiger partial charge on any atom is -0.476 e. The van der Waals surface area contributed by atoms with Gasteiger partial charge in [-0.05, 0) is 29.1 Å². The predicted octanol–water partition coefficient (Wildman–Crippen LogP) is 2.99. The summed E-state index contributed by atoms with van der Waals surface area (Å²) in [6.07, 6.45) is 0. The van der Waals surface area contributed by atoms with Crippen LogP contribution in [0, 0.1) is 0 Å². The van der Waals surface area contributed by atoms with Gasteiger partial charge in [-0.15, -0.1) is 11.3 Å². The third-order valence-electron chi connectivity index (χ3n) is 2.57. The van der Waals surface area contributed by atoms with Crippen LogP contribution in [0.3, 0.4) is 0 Å². The maximum Gasteiger partial charge on any atom is 0.357 e. The van der Waals surface area contributed by atoms with Crippen LogP contribution in [0.4, 0.5) is 0 Å².